The molecule has 274 valence electrons. The molecule has 11 heteroatoms. The number of amides is 2. The first-order chi connectivity index (χ1) is 22.8. The Morgan fingerprint density at radius 1 is 0.620 bits per heavy atom. The van der Waals surface area contributed by atoms with E-state index in [4.69, 9.17) is 14.2 Å². The minimum atomic E-state index is -0.963. The van der Waals surface area contributed by atoms with Crippen molar-refractivity contribution in [3.63, 3.8) is 0 Å². The molecule has 0 atom stereocenters. The normalized spacial score (nSPS) is 12.6. The first-order valence-electron chi connectivity index (χ1n) is 16.7. The minimum Gasteiger partial charge on any atom is -0.469 e. The number of methoxy groups -OCH3 is 1. The highest BCUT2D eigenvalue weighted by molar-refractivity contribution is 5.82. The molecule has 0 heterocycles. The number of carbonyl (C=O) groups is 4. The molecule has 0 aliphatic heterocycles. The zero-order valence-electron chi connectivity index (χ0n) is 32.3. The lowest BCUT2D eigenvalue weighted by atomic mass is 9.87. The van der Waals surface area contributed by atoms with Gasteiger partial charge in [0.25, 0.3) is 0 Å². The summed E-state index contributed by atoms with van der Waals surface area (Å²) in [5, 5.41) is 5.77. The number of Topliss-reactive ketones (excluding diaryl/α,β-unsaturated/α-hetero) is 1. The van der Waals surface area contributed by atoms with Gasteiger partial charge in [-0.2, -0.15) is 0 Å². The van der Waals surface area contributed by atoms with Crippen LogP contribution in [-0.2, 0) is 46.0 Å². The molecule has 0 saturated carbocycles. The van der Waals surface area contributed by atoms with Crippen molar-refractivity contribution in [2.45, 2.75) is 112 Å². The number of ether oxygens (including phenoxy) is 3. The van der Waals surface area contributed by atoms with Gasteiger partial charge in [-0.15, -0.1) is 0 Å². The number of nitrogens with one attached hydrogen (secondary N) is 2. The molecule has 0 saturated heterocycles. The zero-order valence-corrected chi connectivity index (χ0v) is 32.3. The maximum Gasteiger partial charge on any atom is 0.407 e. The first-order valence-corrected chi connectivity index (χ1v) is 16.7. The van der Waals surface area contributed by atoms with Crippen LogP contribution in [0.2, 0.25) is 0 Å². The van der Waals surface area contributed by atoms with Crippen LogP contribution in [0.3, 0.4) is 0 Å². The molecule has 2 aromatic rings. The number of rotatable bonds is 14. The van der Waals surface area contributed by atoms with E-state index in [9.17, 15) is 19.2 Å². The maximum atomic E-state index is 12.6. The molecule has 0 unspecified atom stereocenters. The summed E-state index contributed by atoms with van der Waals surface area (Å²) >= 11 is 0. The van der Waals surface area contributed by atoms with E-state index in [2.05, 4.69) is 26.6 Å². The Bertz CT molecular complexity index is 1610. The van der Waals surface area contributed by atoms with E-state index in [1.807, 2.05) is 104 Å². The summed E-state index contributed by atoms with van der Waals surface area (Å²) in [6.07, 6.45) is -1.24. The van der Waals surface area contributed by atoms with Crippen molar-refractivity contribution in [1.82, 2.24) is 10.6 Å². The van der Waals surface area contributed by atoms with Crippen LogP contribution in [0, 0.1) is 10.8 Å². The molecule has 2 aromatic carbocycles. The topological polar surface area (TPSA) is 145 Å². The molecule has 11 nitrogen and oxygen atoms in total. The molecule has 2 N–H and O–H groups in total. The molecule has 0 aromatic heterocycles. The average molecular weight is 693 g/mol. The third-order valence-electron chi connectivity index (χ3n) is 8.91. The van der Waals surface area contributed by atoms with Crippen LogP contribution in [0.4, 0.5) is 9.59 Å². The molecular formula is C39H56N4O7. The Morgan fingerprint density at radius 2 is 1.04 bits per heavy atom. The number of hydrogen-bond acceptors (Lipinski definition) is 9. The lowest BCUT2D eigenvalue weighted by Crippen LogP contribution is -2.43. The highest BCUT2D eigenvalue weighted by atomic mass is 16.6. The van der Waals surface area contributed by atoms with Crippen LogP contribution in [0.1, 0.15) is 112 Å². The summed E-state index contributed by atoms with van der Waals surface area (Å²) in [6.45, 7) is 23.5. The Hall–Kier alpha value is -4.50. The van der Waals surface area contributed by atoms with Gasteiger partial charge < -0.3 is 24.8 Å². The zero-order chi connectivity index (χ0) is 38.3. The van der Waals surface area contributed by atoms with E-state index < -0.39 is 51.1 Å². The molecule has 2 amide bonds. The Labute approximate surface area is 297 Å². The fourth-order valence-electron chi connectivity index (χ4n) is 4.64. The lowest BCUT2D eigenvalue weighted by Gasteiger charge is -2.29. The van der Waals surface area contributed by atoms with E-state index in [-0.39, 0.29) is 19.0 Å². The molecular weight excluding hydrogens is 636 g/mol. The van der Waals surface area contributed by atoms with Gasteiger partial charge >= 0.3 is 18.2 Å². The van der Waals surface area contributed by atoms with Crippen LogP contribution in [0.25, 0.3) is 0 Å². The van der Waals surface area contributed by atoms with Crippen LogP contribution in [0.5, 0.6) is 0 Å². The van der Waals surface area contributed by atoms with Crippen molar-refractivity contribution < 1.29 is 33.4 Å². The van der Waals surface area contributed by atoms with Crippen LogP contribution < -0.4 is 10.6 Å². The third-order valence-corrected chi connectivity index (χ3v) is 8.91. The summed E-state index contributed by atoms with van der Waals surface area (Å²) < 4.78 is 15.5. The van der Waals surface area contributed by atoms with Gasteiger partial charge in [-0.05, 0) is 112 Å². The highest BCUT2D eigenvalue weighted by Crippen LogP contribution is 2.31. The second-order valence-electron chi connectivity index (χ2n) is 16.1. The highest BCUT2D eigenvalue weighted by Gasteiger charge is 2.33. The second kappa shape index (κ2) is 15.6. The number of hydrogen-bond donors (Lipinski definition) is 2. The molecule has 0 bridgehead atoms. The van der Waals surface area contributed by atoms with Gasteiger partial charge in [0.15, 0.2) is 0 Å². The number of esters is 1. The maximum absolute atomic E-state index is 12.6. The fraction of sp³-hybridized carbons (Fsp3) is 0.564. The number of benzene rings is 2. The number of ketones is 1. The summed E-state index contributed by atoms with van der Waals surface area (Å²) in [5.74, 6) is -0.520. The predicted octanol–water partition coefficient (Wildman–Crippen LogP) is 7.77. The van der Waals surface area contributed by atoms with E-state index in [1.165, 1.54) is 14.0 Å². The van der Waals surface area contributed by atoms with Crippen molar-refractivity contribution in [2.75, 3.05) is 20.3 Å². The number of aliphatic imine (C=N–C) groups is 2. The van der Waals surface area contributed by atoms with Gasteiger partial charge in [0.2, 0.25) is 0 Å². The van der Waals surface area contributed by atoms with Crippen molar-refractivity contribution in [1.29, 1.82) is 0 Å². The van der Waals surface area contributed by atoms with E-state index in [1.54, 1.807) is 27.7 Å². The van der Waals surface area contributed by atoms with Crippen molar-refractivity contribution in [3.05, 3.63) is 70.8 Å². The first kappa shape index (κ1) is 41.7. The van der Waals surface area contributed by atoms with Crippen molar-refractivity contribution >= 4 is 29.9 Å². The monoisotopic (exact) mass is 692 g/mol. The summed E-state index contributed by atoms with van der Waals surface area (Å²) in [4.78, 5) is 58.2. The van der Waals surface area contributed by atoms with Crippen LogP contribution >= 0.6 is 0 Å². The molecule has 0 radical (unpaired) electrons. The summed E-state index contributed by atoms with van der Waals surface area (Å²) in [7, 11) is 1.30. The Kier molecular flexibility index (Phi) is 13.0. The quantitative estimate of drug-likeness (QED) is 0.117. The SMILES string of the molecule is COC(=O)C(C)(C)COC(=O)NC(C)(C)c1ccc(C(C)(C)N=C=NC(C)(C)c2cccc(C(C)(C)NC(=O)OCC(C)(C)C(C)=O)c2)cc1. The molecule has 2 rings (SSSR count). The minimum absolute atomic E-state index is 0.0168. The Balaban J connectivity index is 2.15. The largest absolute Gasteiger partial charge is 0.469 e. The van der Waals surface area contributed by atoms with Gasteiger partial charge in [0.05, 0.1) is 46.1 Å². The predicted molar refractivity (Wildman–Crippen MR) is 194 cm³/mol. The summed E-state index contributed by atoms with van der Waals surface area (Å²) in [5.41, 5.74) is -1.04. The van der Waals surface area contributed by atoms with Crippen molar-refractivity contribution in [2.24, 2.45) is 20.8 Å². The molecule has 50 heavy (non-hydrogen) atoms. The fourth-order valence-corrected chi connectivity index (χ4v) is 4.64. The molecule has 0 aliphatic rings. The van der Waals surface area contributed by atoms with E-state index in [0.29, 0.717) is 0 Å². The number of alkyl carbamates (subject to hydrolysis) is 2. The standard InChI is InChI=1S/C39H56N4O7/c1-26(44)34(2,3)23-49-33(47)43-39(12,13)30-17-15-16-29(22-30)37(8,9)41-25-40-36(6,7)27-18-20-28(21-19-27)38(10,11)42-32(46)50-24-35(4,5)31(45)48-14/h15-22H,23-24H2,1-14H3,(H,42,46)(H,43,47). The van der Waals surface area contributed by atoms with Crippen LogP contribution in [-0.4, -0.2) is 50.3 Å². The Morgan fingerprint density at radius 3 is 1.52 bits per heavy atom. The average Bonchev–Trinajstić information content (AvgIpc) is 3.02. The number of carbonyl (C=O) groups excluding carboxylic acids is 4. The van der Waals surface area contributed by atoms with Gasteiger partial charge in [-0.25, -0.2) is 19.6 Å². The van der Waals surface area contributed by atoms with Crippen LogP contribution in [0.15, 0.2) is 58.5 Å². The van der Waals surface area contributed by atoms with E-state index in [0.717, 1.165) is 22.3 Å². The smallest absolute Gasteiger partial charge is 0.407 e. The third kappa shape index (κ3) is 11.3. The summed E-state index contributed by atoms with van der Waals surface area (Å²) in [6, 6.07) is 18.5. The second-order valence-corrected chi connectivity index (χ2v) is 16.1. The number of nitrogens with zero attached hydrogens (tertiary/aromatic N) is 2. The van der Waals surface area contributed by atoms with Crippen molar-refractivity contribution in [3.8, 4) is 0 Å². The molecule has 0 fully saturated rings. The molecule has 0 spiro atoms. The lowest BCUT2D eigenvalue weighted by molar-refractivity contribution is -0.152. The molecule has 0 aliphatic carbocycles. The van der Waals surface area contributed by atoms with Gasteiger partial charge in [-0.1, -0.05) is 48.5 Å². The van der Waals surface area contributed by atoms with Gasteiger partial charge in [-0.3, -0.25) is 9.59 Å². The van der Waals surface area contributed by atoms with Gasteiger partial charge in [0.1, 0.15) is 19.0 Å². The van der Waals surface area contributed by atoms with Gasteiger partial charge in [0, 0.05) is 0 Å². The van der Waals surface area contributed by atoms with E-state index >= 15 is 0 Å².